The molecular weight excluding hydrogens is 438 g/mol. The maximum atomic E-state index is 13.0. The third-order valence-electron chi connectivity index (χ3n) is 5.63. The van der Waals surface area contributed by atoms with Crippen LogP contribution in [-0.2, 0) is 19.6 Å². The zero-order valence-electron chi connectivity index (χ0n) is 17.5. The van der Waals surface area contributed by atoms with E-state index in [-0.39, 0.29) is 23.4 Å². The molecule has 1 N–H and O–H groups in total. The molecule has 1 unspecified atom stereocenters. The summed E-state index contributed by atoms with van der Waals surface area (Å²) >= 11 is 1.71. The predicted molar refractivity (Wildman–Crippen MR) is 119 cm³/mol. The summed E-state index contributed by atoms with van der Waals surface area (Å²) in [6.45, 7) is 2.48. The molecule has 1 amide bonds. The Hall–Kier alpha value is -1.98. The van der Waals surface area contributed by atoms with Crippen LogP contribution in [0.2, 0.25) is 0 Å². The van der Waals surface area contributed by atoms with Crippen LogP contribution >= 0.6 is 11.3 Å². The number of sulfonamides is 1. The summed E-state index contributed by atoms with van der Waals surface area (Å²) in [6.07, 6.45) is 2.08. The van der Waals surface area contributed by atoms with Gasteiger partial charge in [-0.05, 0) is 49.0 Å². The second-order valence-electron chi connectivity index (χ2n) is 7.57. The molecule has 0 radical (unpaired) electrons. The molecular formula is C21H27N3O5S2. The number of morpholine rings is 1. The fourth-order valence-corrected chi connectivity index (χ4v) is 6.40. The fourth-order valence-electron chi connectivity index (χ4n) is 4.07. The van der Waals surface area contributed by atoms with Gasteiger partial charge in [-0.25, -0.2) is 8.42 Å². The Morgan fingerprint density at radius 1 is 1.26 bits per heavy atom. The van der Waals surface area contributed by atoms with Gasteiger partial charge in [0.1, 0.15) is 5.75 Å². The number of methoxy groups -OCH3 is 1. The second kappa shape index (κ2) is 9.66. The molecule has 2 fully saturated rings. The zero-order valence-corrected chi connectivity index (χ0v) is 19.1. The number of likely N-dealkylation sites (tertiary alicyclic amines) is 1. The van der Waals surface area contributed by atoms with Crippen LogP contribution in [0.3, 0.4) is 0 Å². The normalized spacial score (nSPS) is 20.6. The topological polar surface area (TPSA) is 88.2 Å². The van der Waals surface area contributed by atoms with Crippen LogP contribution < -0.4 is 10.1 Å². The predicted octanol–water partition coefficient (Wildman–Crippen LogP) is 2.55. The van der Waals surface area contributed by atoms with Crippen molar-refractivity contribution in [1.82, 2.24) is 9.21 Å². The van der Waals surface area contributed by atoms with Gasteiger partial charge in [0.15, 0.2) is 0 Å². The van der Waals surface area contributed by atoms with E-state index in [9.17, 15) is 13.2 Å². The summed E-state index contributed by atoms with van der Waals surface area (Å²) in [5, 5.41) is 4.91. The molecule has 2 aliphatic heterocycles. The van der Waals surface area contributed by atoms with E-state index in [1.807, 2.05) is 6.07 Å². The number of nitrogens with one attached hydrogen (secondary N) is 1. The number of rotatable bonds is 7. The Balaban J connectivity index is 1.49. The smallest absolute Gasteiger partial charge is 0.243 e. The van der Waals surface area contributed by atoms with Gasteiger partial charge in [0.2, 0.25) is 15.9 Å². The van der Waals surface area contributed by atoms with E-state index in [0.717, 1.165) is 19.4 Å². The molecule has 2 aromatic rings. The molecule has 0 aliphatic carbocycles. The first-order valence-electron chi connectivity index (χ1n) is 10.3. The van der Waals surface area contributed by atoms with Gasteiger partial charge >= 0.3 is 0 Å². The molecule has 1 aromatic heterocycles. The standard InChI is InChI=1S/C21H27N3O5S2/c1-28-19-7-6-16(31(26,27)24-9-11-29-12-10-24)14-17(19)22-21(25)15-23-8-2-4-18(23)20-5-3-13-30-20/h3,5-7,13-14,18H,2,4,8-12,15H2,1H3,(H,22,25). The number of carbonyl (C=O) groups is 1. The maximum absolute atomic E-state index is 13.0. The average molecular weight is 466 g/mol. The van der Waals surface area contributed by atoms with Gasteiger partial charge in [-0.2, -0.15) is 4.31 Å². The van der Waals surface area contributed by atoms with Gasteiger partial charge in [-0.1, -0.05) is 6.07 Å². The largest absolute Gasteiger partial charge is 0.495 e. The first kappa shape index (κ1) is 22.2. The molecule has 10 heteroatoms. The van der Waals surface area contributed by atoms with E-state index in [1.54, 1.807) is 17.4 Å². The number of hydrogen-bond acceptors (Lipinski definition) is 7. The Morgan fingerprint density at radius 2 is 2.06 bits per heavy atom. The molecule has 8 nitrogen and oxygen atoms in total. The quantitative estimate of drug-likeness (QED) is 0.676. The van der Waals surface area contributed by atoms with E-state index < -0.39 is 10.0 Å². The van der Waals surface area contributed by atoms with Gasteiger partial charge in [-0.15, -0.1) is 11.3 Å². The lowest BCUT2D eigenvalue weighted by Crippen LogP contribution is -2.40. The minimum atomic E-state index is -3.67. The molecule has 2 saturated heterocycles. The number of ether oxygens (including phenoxy) is 2. The van der Waals surface area contributed by atoms with Crippen molar-refractivity contribution < 1.29 is 22.7 Å². The van der Waals surface area contributed by atoms with Crippen LogP contribution in [0.1, 0.15) is 23.8 Å². The summed E-state index contributed by atoms with van der Waals surface area (Å²) < 4.78 is 38.0. The number of benzene rings is 1. The second-order valence-corrected chi connectivity index (χ2v) is 10.5. The van der Waals surface area contributed by atoms with Crippen LogP contribution in [0.25, 0.3) is 0 Å². The highest BCUT2D eigenvalue weighted by molar-refractivity contribution is 7.89. The minimum absolute atomic E-state index is 0.128. The highest BCUT2D eigenvalue weighted by atomic mass is 32.2. The Morgan fingerprint density at radius 3 is 2.77 bits per heavy atom. The molecule has 3 heterocycles. The summed E-state index contributed by atoms with van der Waals surface area (Å²) in [5.41, 5.74) is 0.355. The van der Waals surface area contributed by atoms with Crippen molar-refractivity contribution >= 4 is 33.0 Å². The van der Waals surface area contributed by atoms with Crippen molar-refractivity contribution in [3.63, 3.8) is 0 Å². The molecule has 4 rings (SSSR count). The van der Waals surface area contributed by atoms with Crippen molar-refractivity contribution in [3.05, 3.63) is 40.6 Å². The number of thiophene rings is 1. The average Bonchev–Trinajstić information content (AvgIpc) is 3.46. The fraction of sp³-hybridized carbons (Fsp3) is 0.476. The van der Waals surface area contributed by atoms with E-state index in [0.29, 0.717) is 37.7 Å². The van der Waals surface area contributed by atoms with E-state index in [2.05, 4.69) is 21.7 Å². The lowest BCUT2D eigenvalue weighted by molar-refractivity contribution is -0.117. The van der Waals surface area contributed by atoms with Crippen molar-refractivity contribution in [1.29, 1.82) is 0 Å². The lowest BCUT2D eigenvalue weighted by Gasteiger charge is -2.26. The molecule has 0 spiro atoms. The molecule has 31 heavy (non-hydrogen) atoms. The number of hydrogen-bond donors (Lipinski definition) is 1. The summed E-state index contributed by atoms with van der Waals surface area (Å²) in [5.74, 6) is 0.230. The van der Waals surface area contributed by atoms with Crippen LogP contribution in [0.15, 0.2) is 40.6 Å². The molecule has 1 atom stereocenters. The van der Waals surface area contributed by atoms with Gasteiger partial charge in [0, 0.05) is 24.0 Å². The summed E-state index contributed by atoms with van der Waals surface area (Å²) in [4.78, 5) is 16.4. The Labute approximate surface area is 186 Å². The molecule has 0 bridgehead atoms. The highest BCUT2D eigenvalue weighted by Crippen LogP contribution is 2.34. The van der Waals surface area contributed by atoms with Crippen LogP contribution in [-0.4, -0.2) is 70.0 Å². The van der Waals surface area contributed by atoms with Gasteiger partial charge < -0.3 is 14.8 Å². The van der Waals surface area contributed by atoms with Gasteiger partial charge in [0.25, 0.3) is 0 Å². The molecule has 168 valence electrons. The van der Waals surface area contributed by atoms with Gasteiger partial charge in [-0.3, -0.25) is 9.69 Å². The highest BCUT2D eigenvalue weighted by Gasteiger charge is 2.29. The number of carbonyl (C=O) groups excluding carboxylic acids is 1. The van der Waals surface area contributed by atoms with E-state index >= 15 is 0 Å². The van der Waals surface area contributed by atoms with Crippen molar-refractivity contribution in [2.75, 3.05) is 51.8 Å². The Bertz CT molecular complexity index is 1000. The lowest BCUT2D eigenvalue weighted by atomic mass is 10.2. The molecule has 0 saturated carbocycles. The third kappa shape index (κ3) is 4.93. The summed E-state index contributed by atoms with van der Waals surface area (Å²) in [7, 11) is -2.17. The zero-order chi connectivity index (χ0) is 21.8. The summed E-state index contributed by atoms with van der Waals surface area (Å²) in [6, 6.07) is 8.94. The van der Waals surface area contributed by atoms with E-state index in [4.69, 9.17) is 9.47 Å². The number of amides is 1. The van der Waals surface area contributed by atoms with Crippen LogP contribution in [0.5, 0.6) is 5.75 Å². The number of nitrogens with zero attached hydrogens (tertiary/aromatic N) is 2. The van der Waals surface area contributed by atoms with Crippen molar-refractivity contribution in [2.45, 2.75) is 23.8 Å². The minimum Gasteiger partial charge on any atom is -0.495 e. The SMILES string of the molecule is COc1ccc(S(=O)(=O)N2CCOCC2)cc1NC(=O)CN1CCCC1c1cccs1. The first-order valence-corrected chi connectivity index (χ1v) is 12.6. The van der Waals surface area contributed by atoms with Crippen LogP contribution in [0.4, 0.5) is 5.69 Å². The maximum Gasteiger partial charge on any atom is 0.243 e. The van der Waals surface area contributed by atoms with E-state index in [1.165, 1.54) is 28.4 Å². The first-order chi connectivity index (χ1) is 15.0. The van der Waals surface area contributed by atoms with Crippen molar-refractivity contribution in [3.8, 4) is 5.75 Å². The number of anilines is 1. The van der Waals surface area contributed by atoms with Crippen LogP contribution in [0, 0.1) is 0 Å². The van der Waals surface area contributed by atoms with Gasteiger partial charge in [0.05, 0.1) is 37.5 Å². The third-order valence-corrected chi connectivity index (χ3v) is 8.50. The van der Waals surface area contributed by atoms with Crippen molar-refractivity contribution in [2.24, 2.45) is 0 Å². The Kier molecular flexibility index (Phi) is 6.92. The molecule has 1 aromatic carbocycles. The monoisotopic (exact) mass is 465 g/mol. The molecule has 2 aliphatic rings.